The molecule has 3 fully saturated rings. The molecule has 0 aromatic rings. The monoisotopic (exact) mass is 250 g/mol. The largest absolute Gasteiger partial charge is 0.329 e. The Morgan fingerprint density at radius 3 is 2.44 bits per heavy atom. The van der Waals surface area contributed by atoms with Crippen molar-refractivity contribution in [3.05, 3.63) is 0 Å². The molecule has 104 valence electrons. The fourth-order valence-corrected chi connectivity index (χ4v) is 4.30. The van der Waals surface area contributed by atoms with Crippen molar-refractivity contribution in [1.29, 1.82) is 0 Å². The van der Waals surface area contributed by atoms with E-state index in [2.05, 4.69) is 11.8 Å². The number of nitrogens with two attached hydrogens (primary N) is 1. The lowest BCUT2D eigenvalue weighted by molar-refractivity contribution is -0.00583. The molecular weight excluding hydrogens is 220 g/mol. The Morgan fingerprint density at radius 1 is 1.11 bits per heavy atom. The lowest BCUT2D eigenvalue weighted by Crippen LogP contribution is -2.61. The van der Waals surface area contributed by atoms with Gasteiger partial charge >= 0.3 is 0 Å². The molecule has 2 heteroatoms. The first-order valence-corrected chi connectivity index (χ1v) is 8.27. The van der Waals surface area contributed by atoms with E-state index < -0.39 is 0 Å². The summed E-state index contributed by atoms with van der Waals surface area (Å²) in [4.78, 5) is 2.90. The van der Waals surface area contributed by atoms with Crippen LogP contribution in [0.1, 0.15) is 64.7 Å². The maximum Gasteiger partial charge on any atom is 0.0362 e. The van der Waals surface area contributed by atoms with Gasteiger partial charge in [0.25, 0.3) is 0 Å². The van der Waals surface area contributed by atoms with Crippen LogP contribution in [-0.4, -0.2) is 29.6 Å². The highest BCUT2D eigenvalue weighted by atomic mass is 15.3. The smallest absolute Gasteiger partial charge is 0.0362 e. The van der Waals surface area contributed by atoms with E-state index in [-0.39, 0.29) is 0 Å². The summed E-state index contributed by atoms with van der Waals surface area (Å²) < 4.78 is 0. The summed E-state index contributed by atoms with van der Waals surface area (Å²) in [7, 11) is 0. The SMILES string of the molecule is CCC1CCCCC1(CN)N(CC1CC1)C1CC1. The highest BCUT2D eigenvalue weighted by Crippen LogP contribution is 2.46. The summed E-state index contributed by atoms with van der Waals surface area (Å²) in [6.45, 7) is 4.63. The van der Waals surface area contributed by atoms with E-state index in [1.807, 2.05) is 0 Å². The minimum absolute atomic E-state index is 0.372. The van der Waals surface area contributed by atoms with Gasteiger partial charge in [-0.05, 0) is 50.4 Å². The van der Waals surface area contributed by atoms with E-state index in [0.717, 1.165) is 24.4 Å². The van der Waals surface area contributed by atoms with Crippen molar-refractivity contribution in [2.75, 3.05) is 13.1 Å². The van der Waals surface area contributed by atoms with Crippen molar-refractivity contribution >= 4 is 0 Å². The Hall–Kier alpha value is -0.0800. The summed E-state index contributed by atoms with van der Waals surface area (Å²) in [5, 5.41) is 0. The van der Waals surface area contributed by atoms with E-state index in [1.54, 1.807) is 0 Å². The summed E-state index contributed by atoms with van der Waals surface area (Å²) in [6, 6.07) is 0.890. The number of hydrogen-bond acceptors (Lipinski definition) is 2. The maximum absolute atomic E-state index is 6.33. The molecule has 18 heavy (non-hydrogen) atoms. The molecule has 2 N–H and O–H groups in total. The van der Waals surface area contributed by atoms with E-state index in [9.17, 15) is 0 Å². The third-order valence-electron chi connectivity index (χ3n) is 5.73. The van der Waals surface area contributed by atoms with Gasteiger partial charge in [-0.25, -0.2) is 0 Å². The predicted octanol–water partition coefficient (Wildman–Crippen LogP) is 3.16. The standard InChI is InChI=1S/C16H30N2/c1-2-14-5-3-4-10-16(14,12-17)18(15-8-9-15)11-13-6-7-13/h13-15H,2-12,17H2,1H3. The molecule has 3 saturated carbocycles. The summed E-state index contributed by atoms with van der Waals surface area (Å²) in [5.74, 6) is 1.86. The average Bonchev–Trinajstić information content (AvgIpc) is 3.28. The molecule has 0 amide bonds. The van der Waals surface area contributed by atoms with Gasteiger partial charge in [-0.3, -0.25) is 4.90 Å². The highest BCUT2D eigenvalue weighted by Gasteiger charge is 2.49. The molecular formula is C16H30N2. The summed E-state index contributed by atoms with van der Waals surface area (Å²) >= 11 is 0. The van der Waals surface area contributed by atoms with Gasteiger partial charge in [0.15, 0.2) is 0 Å². The van der Waals surface area contributed by atoms with Crippen LogP contribution in [0.15, 0.2) is 0 Å². The van der Waals surface area contributed by atoms with E-state index >= 15 is 0 Å². The Kier molecular flexibility index (Phi) is 3.68. The number of rotatable bonds is 6. The lowest BCUT2D eigenvalue weighted by Gasteiger charge is -2.51. The van der Waals surface area contributed by atoms with Crippen molar-refractivity contribution in [1.82, 2.24) is 4.90 Å². The predicted molar refractivity (Wildman–Crippen MR) is 76.5 cm³/mol. The molecule has 0 spiro atoms. The highest BCUT2D eigenvalue weighted by molar-refractivity contribution is 5.05. The second-order valence-corrected chi connectivity index (χ2v) is 6.99. The van der Waals surface area contributed by atoms with E-state index in [1.165, 1.54) is 64.3 Å². The molecule has 0 aliphatic heterocycles. The number of nitrogens with zero attached hydrogens (tertiary/aromatic N) is 1. The Labute approximate surface area is 112 Å². The first-order chi connectivity index (χ1) is 8.80. The van der Waals surface area contributed by atoms with Gasteiger partial charge in [0.1, 0.15) is 0 Å². The first kappa shape index (κ1) is 12.9. The molecule has 0 heterocycles. The molecule has 0 aromatic heterocycles. The third kappa shape index (κ3) is 2.34. The lowest BCUT2D eigenvalue weighted by atomic mass is 9.70. The van der Waals surface area contributed by atoms with Crippen LogP contribution in [0.3, 0.4) is 0 Å². The zero-order chi connectivity index (χ0) is 12.6. The minimum Gasteiger partial charge on any atom is -0.329 e. The molecule has 0 bridgehead atoms. The van der Waals surface area contributed by atoms with Crippen LogP contribution in [0.5, 0.6) is 0 Å². The Morgan fingerprint density at radius 2 is 1.89 bits per heavy atom. The van der Waals surface area contributed by atoms with Crippen LogP contribution in [0, 0.1) is 11.8 Å². The molecule has 0 radical (unpaired) electrons. The number of hydrogen-bond donors (Lipinski definition) is 1. The summed E-state index contributed by atoms with van der Waals surface area (Å²) in [6.07, 6.45) is 12.8. The maximum atomic E-state index is 6.33. The van der Waals surface area contributed by atoms with Gasteiger partial charge in [0.05, 0.1) is 0 Å². The Balaban J connectivity index is 1.80. The second-order valence-electron chi connectivity index (χ2n) is 6.99. The summed E-state index contributed by atoms with van der Waals surface area (Å²) in [5.41, 5.74) is 6.70. The van der Waals surface area contributed by atoms with Crippen LogP contribution in [0.25, 0.3) is 0 Å². The van der Waals surface area contributed by atoms with Gasteiger partial charge in [0, 0.05) is 24.7 Å². The molecule has 2 atom stereocenters. The van der Waals surface area contributed by atoms with Gasteiger partial charge in [-0.2, -0.15) is 0 Å². The van der Waals surface area contributed by atoms with Crippen molar-refractivity contribution in [2.45, 2.75) is 76.3 Å². The third-order valence-corrected chi connectivity index (χ3v) is 5.73. The fraction of sp³-hybridized carbons (Fsp3) is 1.00. The van der Waals surface area contributed by atoms with Crippen LogP contribution in [0.4, 0.5) is 0 Å². The molecule has 3 rings (SSSR count). The van der Waals surface area contributed by atoms with Gasteiger partial charge in [-0.15, -0.1) is 0 Å². The normalized spacial score (nSPS) is 37.2. The van der Waals surface area contributed by atoms with Crippen LogP contribution in [-0.2, 0) is 0 Å². The van der Waals surface area contributed by atoms with E-state index in [0.29, 0.717) is 5.54 Å². The van der Waals surface area contributed by atoms with Crippen molar-refractivity contribution < 1.29 is 0 Å². The first-order valence-electron chi connectivity index (χ1n) is 8.27. The van der Waals surface area contributed by atoms with Crippen LogP contribution >= 0.6 is 0 Å². The van der Waals surface area contributed by atoms with Crippen molar-refractivity contribution in [2.24, 2.45) is 17.6 Å². The molecule has 0 saturated heterocycles. The van der Waals surface area contributed by atoms with Gasteiger partial charge in [-0.1, -0.05) is 26.2 Å². The molecule has 2 nitrogen and oxygen atoms in total. The van der Waals surface area contributed by atoms with Crippen LogP contribution in [0.2, 0.25) is 0 Å². The molecule has 3 aliphatic carbocycles. The zero-order valence-electron chi connectivity index (χ0n) is 12.0. The minimum atomic E-state index is 0.372. The topological polar surface area (TPSA) is 29.3 Å². The molecule has 3 aliphatic rings. The molecule has 2 unspecified atom stereocenters. The second kappa shape index (κ2) is 5.13. The van der Waals surface area contributed by atoms with Crippen molar-refractivity contribution in [3.8, 4) is 0 Å². The van der Waals surface area contributed by atoms with Gasteiger partial charge in [0.2, 0.25) is 0 Å². The molecule has 0 aromatic carbocycles. The van der Waals surface area contributed by atoms with E-state index in [4.69, 9.17) is 5.73 Å². The fourth-order valence-electron chi connectivity index (χ4n) is 4.30. The van der Waals surface area contributed by atoms with Gasteiger partial charge < -0.3 is 5.73 Å². The van der Waals surface area contributed by atoms with Crippen molar-refractivity contribution in [3.63, 3.8) is 0 Å². The van der Waals surface area contributed by atoms with Crippen LogP contribution < -0.4 is 5.73 Å². The average molecular weight is 250 g/mol. The Bertz CT molecular complexity index is 283. The zero-order valence-corrected chi connectivity index (χ0v) is 12.0. The quantitative estimate of drug-likeness (QED) is 0.784.